The van der Waals surface area contributed by atoms with Crippen LogP contribution in [0.4, 0.5) is 18.9 Å². The average Bonchev–Trinajstić information content (AvgIpc) is 2.27. The number of nitrogens with zero attached hydrogens (tertiary/aromatic N) is 1. The Hall–Kier alpha value is -1.24. The van der Waals surface area contributed by atoms with E-state index in [2.05, 4.69) is 15.9 Å². The van der Waals surface area contributed by atoms with Crippen LogP contribution in [0.3, 0.4) is 0 Å². The maximum absolute atomic E-state index is 12.9. The summed E-state index contributed by atoms with van der Waals surface area (Å²) in [6.07, 6.45) is -4.49. The largest absolute Gasteiger partial charge is 0.481 e. The third-order valence-corrected chi connectivity index (χ3v) is 3.14. The van der Waals surface area contributed by atoms with Crippen molar-refractivity contribution < 1.29 is 23.1 Å². The first kappa shape index (κ1) is 15.8. The molecule has 1 atom stereocenters. The van der Waals surface area contributed by atoms with Gasteiger partial charge in [0.05, 0.1) is 11.5 Å². The van der Waals surface area contributed by atoms with Crippen LogP contribution in [0.1, 0.15) is 12.5 Å². The fourth-order valence-electron chi connectivity index (χ4n) is 1.66. The Labute approximate surface area is 117 Å². The minimum Gasteiger partial charge on any atom is -0.481 e. The number of anilines is 1. The summed E-state index contributed by atoms with van der Waals surface area (Å²) in [7, 11) is 1.44. The van der Waals surface area contributed by atoms with E-state index in [9.17, 15) is 18.0 Å². The highest BCUT2D eigenvalue weighted by Crippen LogP contribution is 2.38. The first-order valence-corrected chi connectivity index (χ1v) is 6.23. The molecule has 0 aromatic heterocycles. The molecule has 0 amide bonds. The molecule has 0 spiro atoms. The second-order valence-electron chi connectivity index (χ2n) is 4.28. The molecule has 3 nitrogen and oxygen atoms in total. The third kappa shape index (κ3) is 4.12. The van der Waals surface area contributed by atoms with Crippen LogP contribution in [-0.4, -0.2) is 24.7 Å². The Balaban J connectivity index is 3.09. The van der Waals surface area contributed by atoms with Crippen molar-refractivity contribution in [3.63, 3.8) is 0 Å². The van der Waals surface area contributed by atoms with Crippen molar-refractivity contribution in [2.75, 3.05) is 18.5 Å². The smallest absolute Gasteiger partial charge is 0.418 e. The number of aliphatic carboxylic acids is 1. The predicted molar refractivity (Wildman–Crippen MR) is 69.2 cm³/mol. The summed E-state index contributed by atoms with van der Waals surface area (Å²) >= 11 is 3.00. The zero-order valence-electron chi connectivity index (χ0n) is 10.3. The van der Waals surface area contributed by atoms with Gasteiger partial charge in [0, 0.05) is 23.8 Å². The molecule has 0 saturated carbocycles. The molecule has 1 unspecified atom stereocenters. The highest BCUT2D eigenvalue weighted by atomic mass is 79.9. The van der Waals surface area contributed by atoms with Crippen molar-refractivity contribution in [3.05, 3.63) is 28.2 Å². The van der Waals surface area contributed by atoms with E-state index in [0.717, 1.165) is 6.07 Å². The second kappa shape index (κ2) is 5.81. The van der Waals surface area contributed by atoms with Crippen molar-refractivity contribution in [1.29, 1.82) is 0 Å². The number of hydrogen-bond acceptors (Lipinski definition) is 2. The standard InChI is InChI=1S/C12H13BrF3NO2/c1-7(11(18)19)6-17(2)10-4-3-8(13)5-9(10)12(14,15)16/h3-5,7H,6H2,1-2H3,(H,18,19). The molecule has 7 heteroatoms. The lowest BCUT2D eigenvalue weighted by molar-refractivity contribution is -0.140. The van der Waals surface area contributed by atoms with Gasteiger partial charge in [-0.15, -0.1) is 0 Å². The Kier molecular flexibility index (Phi) is 4.84. The van der Waals surface area contributed by atoms with E-state index in [0.29, 0.717) is 4.47 Å². The van der Waals surface area contributed by atoms with Gasteiger partial charge >= 0.3 is 12.1 Å². The maximum atomic E-state index is 12.9. The summed E-state index contributed by atoms with van der Waals surface area (Å²) in [5.41, 5.74) is -0.828. The molecule has 19 heavy (non-hydrogen) atoms. The van der Waals surface area contributed by atoms with Crippen LogP contribution >= 0.6 is 15.9 Å². The molecule has 0 heterocycles. The van der Waals surface area contributed by atoms with Crippen molar-refractivity contribution in [2.45, 2.75) is 13.1 Å². The number of rotatable bonds is 4. The summed E-state index contributed by atoms with van der Waals surface area (Å²) in [6, 6.07) is 3.80. The van der Waals surface area contributed by atoms with E-state index in [1.807, 2.05) is 0 Å². The van der Waals surface area contributed by atoms with Crippen molar-refractivity contribution in [2.24, 2.45) is 5.92 Å². The monoisotopic (exact) mass is 339 g/mol. The predicted octanol–water partition coefficient (Wildman–Crippen LogP) is 3.62. The summed E-state index contributed by atoms with van der Waals surface area (Å²) in [5.74, 6) is -1.80. The molecule has 1 aromatic rings. The fourth-order valence-corrected chi connectivity index (χ4v) is 2.02. The number of carboxylic acid groups (broad SMARTS) is 1. The van der Waals surface area contributed by atoms with Gasteiger partial charge in [0.1, 0.15) is 0 Å². The quantitative estimate of drug-likeness (QED) is 0.910. The molecule has 106 valence electrons. The Morgan fingerprint density at radius 2 is 2.05 bits per heavy atom. The molecule has 1 aromatic carbocycles. The van der Waals surface area contributed by atoms with Gasteiger partial charge in [-0.3, -0.25) is 4.79 Å². The zero-order valence-corrected chi connectivity index (χ0v) is 11.9. The lowest BCUT2D eigenvalue weighted by Gasteiger charge is -2.25. The van der Waals surface area contributed by atoms with Crippen LogP contribution in [0.2, 0.25) is 0 Å². The SMILES string of the molecule is CC(CN(C)c1ccc(Br)cc1C(F)(F)F)C(=O)O. The molecule has 0 saturated heterocycles. The zero-order chi connectivity index (χ0) is 14.8. The maximum Gasteiger partial charge on any atom is 0.418 e. The molecule has 0 aliphatic rings. The molecule has 1 N–H and O–H groups in total. The molecule has 0 radical (unpaired) electrons. The molecule has 0 aliphatic heterocycles. The number of halogens is 4. The van der Waals surface area contributed by atoms with E-state index in [4.69, 9.17) is 5.11 Å². The number of benzene rings is 1. The van der Waals surface area contributed by atoms with Gasteiger partial charge in [0.15, 0.2) is 0 Å². The van der Waals surface area contributed by atoms with Crippen LogP contribution in [0.15, 0.2) is 22.7 Å². The van der Waals surface area contributed by atoms with Gasteiger partial charge in [-0.1, -0.05) is 22.9 Å². The molecule has 1 rings (SSSR count). The van der Waals surface area contributed by atoms with Gasteiger partial charge in [0.25, 0.3) is 0 Å². The highest BCUT2D eigenvalue weighted by molar-refractivity contribution is 9.10. The molecular formula is C12H13BrF3NO2. The van der Waals surface area contributed by atoms with Crippen LogP contribution in [0, 0.1) is 5.92 Å². The van der Waals surface area contributed by atoms with Crippen LogP contribution in [0.5, 0.6) is 0 Å². The minimum atomic E-state index is -4.49. The first-order valence-electron chi connectivity index (χ1n) is 5.43. The van der Waals surface area contributed by atoms with Gasteiger partial charge in [-0.05, 0) is 18.2 Å². The van der Waals surface area contributed by atoms with E-state index in [-0.39, 0.29) is 12.2 Å². The topological polar surface area (TPSA) is 40.5 Å². The fraction of sp³-hybridized carbons (Fsp3) is 0.417. The van der Waals surface area contributed by atoms with E-state index in [1.165, 1.54) is 31.0 Å². The average molecular weight is 340 g/mol. The van der Waals surface area contributed by atoms with Crippen molar-refractivity contribution >= 4 is 27.6 Å². The van der Waals surface area contributed by atoms with Crippen LogP contribution < -0.4 is 4.90 Å². The summed E-state index contributed by atoms with van der Waals surface area (Å²) in [5, 5.41) is 8.79. The minimum absolute atomic E-state index is 0.0000454. The number of carboxylic acids is 1. The lowest BCUT2D eigenvalue weighted by Crippen LogP contribution is -2.30. The first-order chi connectivity index (χ1) is 8.62. The van der Waals surface area contributed by atoms with E-state index < -0.39 is 23.6 Å². The lowest BCUT2D eigenvalue weighted by atomic mass is 10.1. The Bertz CT molecular complexity index is 477. The summed E-state index contributed by atoms with van der Waals surface area (Å²) < 4.78 is 39.1. The Morgan fingerprint density at radius 3 is 2.53 bits per heavy atom. The van der Waals surface area contributed by atoms with Crippen molar-refractivity contribution in [3.8, 4) is 0 Å². The molecule has 0 bridgehead atoms. The normalized spacial score (nSPS) is 13.2. The Morgan fingerprint density at radius 1 is 1.47 bits per heavy atom. The van der Waals surface area contributed by atoms with E-state index >= 15 is 0 Å². The molecular weight excluding hydrogens is 327 g/mol. The third-order valence-electron chi connectivity index (χ3n) is 2.64. The molecule has 0 aliphatic carbocycles. The number of carbonyl (C=O) groups is 1. The van der Waals surface area contributed by atoms with Gasteiger partial charge < -0.3 is 10.0 Å². The number of hydrogen-bond donors (Lipinski definition) is 1. The highest BCUT2D eigenvalue weighted by Gasteiger charge is 2.35. The van der Waals surface area contributed by atoms with Crippen molar-refractivity contribution in [1.82, 2.24) is 0 Å². The van der Waals surface area contributed by atoms with Gasteiger partial charge in [-0.25, -0.2) is 0 Å². The second-order valence-corrected chi connectivity index (χ2v) is 5.19. The molecule has 0 fully saturated rings. The van der Waals surface area contributed by atoms with Gasteiger partial charge in [-0.2, -0.15) is 13.2 Å². The summed E-state index contributed by atoms with van der Waals surface area (Å²) in [4.78, 5) is 12.0. The van der Waals surface area contributed by atoms with Gasteiger partial charge in [0.2, 0.25) is 0 Å². The van der Waals surface area contributed by atoms with E-state index in [1.54, 1.807) is 0 Å². The van der Waals surface area contributed by atoms with Crippen LogP contribution in [0.25, 0.3) is 0 Å². The van der Waals surface area contributed by atoms with Crippen LogP contribution in [-0.2, 0) is 11.0 Å². The number of alkyl halides is 3. The summed E-state index contributed by atoms with van der Waals surface area (Å²) in [6.45, 7) is 1.45.